The van der Waals surface area contributed by atoms with Crippen LogP contribution in [0.3, 0.4) is 0 Å². The second-order valence-corrected chi connectivity index (χ2v) is 5.11. The molecule has 104 valence electrons. The van der Waals surface area contributed by atoms with Crippen LogP contribution in [0.5, 0.6) is 5.75 Å². The number of aryl methyl sites for hydroxylation is 1. The van der Waals surface area contributed by atoms with Gasteiger partial charge in [0.25, 0.3) is 0 Å². The molecule has 0 aromatic heterocycles. The van der Waals surface area contributed by atoms with Gasteiger partial charge in [0.1, 0.15) is 11.3 Å². The Bertz CT molecular complexity index is 486. The van der Waals surface area contributed by atoms with E-state index < -0.39 is 11.9 Å². The molecule has 0 aliphatic heterocycles. The Morgan fingerprint density at radius 1 is 1.32 bits per heavy atom. The lowest BCUT2D eigenvalue weighted by Gasteiger charge is -2.14. The fraction of sp³-hybridized carbons (Fsp3) is 0.385. The maximum atomic E-state index is 11.7. The molecule has 0 saturated heterocycles. The average Bonchev–Trinajstić information content (AvgIpc) is 2.37. The highest BCUT2D eigenvalue weighted by atomic mass is 79.9. The number of halogens is 2. The van der Waals surface area contributed by atoms with Gasteiger partial charge >= 0.3 is 11.9 Å². The molecule has 0 bridgehead atoms. The predicted molar refractivity (Wildman–Crippen MR) is 78.9 cm³/mol. The van der Waals surface area contributed by atoms with Crippen LogP contribution in [0.15, 0.2) is 12.1 Å². The van der Waals surface area contributed by atoms with E-state index in [1.165, 1.54) is 6.92 Å². The zero-order valence-electron chi connectivity index (χ0n) is 10.7. The van der Waals surface area contributed by atoms with Crippen molar-refractivity contribution >= 4 is 44.1 Å². The van der Waals surface area contributed by atoms with E-state index in [0.29, 0.717) is 6.42 Å². The summed E-state index contributed by atoms with van der Waals surface area (Å²) < 4.78 is 9.73. The van der Waals surface area contributed by atoms with Crippen LogP contribution in [0.25, 0.3) is 0 Å². The minimum Gasteiger partial charge on any atom is -0.425 e. The molecule has 0 radical (unpaired) electrons. The number of esters is 1. The molecule has 19 heavy (non-hydrogen) atoms. The lowest BCUT2D eigenvalue weighted by molar-refractivity contribution is -0.131. The molecular weight excluding hydrogens is 380 g/mol. The lowest BCUT2D eigenvalue weighted by atomic mass is 9.99. The van der Waals surface area contributed by atoms with Gasteiger partial charge in [-0.15, -0.1) is 0 Å². The van der Waals surface area contributed by atoms with Crippen LogP contribution in [-0.4, -0.2) is 17.3 Å². The highest BCUT2D eigenvalue weighted by molar-refractivity contribution is 9.09. The first-order chi connectivity index (χ1) is 9.01. The SMILES string of the molecule is CC(=O)Oc1c(C(=O)OBr)ccc(C)c1CCCBr. The summed E-state index contributed by atoms with van der Waals surface area (Å²) in [4.78, 5) is 22.9. The van der Waals surface area contributed by atoms with Gasteiger partial charge in [-0.05, 0) is 37.0 Å². The molecule has 0 aliphatic rings. The number of hydrogen-bond acceptors (Lipinski definition) is 4. The summed E-state index contributed by atoms with van der Waals surface area (Å²) in [5.41, 5.74) is 2.07. The van der Waals surface area contributed by atoms with Crippen molar-refractivity contribution in [2.24, 2.45) is 0 Å². The third-order valence-corrected chi connectivity index (χ3v) is 3.45. The standard InChI is InChI=1S/C13H14Br2O4/c1-8-5-6-11(13(17)19-15)12(18-9(2)16)10(8)4-3-7-14/h5-6H,3-4,7H2,1-2H3. The summed E-state index contributed by atoms with van der Waals surface area (Å²) in [6.45, 7) is 3.22. The maximum absolute atomic E-state index is 11.7. The van der Waals surface area contributed by atoms with Crippen molar-refractivity contribution in [1.29, 1.82) is 0 Å². The van der Waals surface area contributed by atoms with Gasteiger partial charge in [-0.3, -0.25) is 4.79 Å². The first-order valence-electron chi connectivity index (χ1n) is 5.71. The Balaban J connectivity index is 3.31. The summed E-state index contributed by atoms with van der Waals surface area (Å²) in [7, 11) is 0. The van der Waals surface area contributed by atoms with Gasteiger partial charge in [0.2, 0.25) is 0 Å². The first-order valence-corrected chi connectivity index (χ1v) is 7.48. The van der Waals surface area contributed by atoms with E-state index in [1.807, 2.05) is 13.0 Å². The number of carbonyl (C=O) groups excluding carboxylic acids is 2. The number of benzene rings is 1. The number of alkyl halides is 1. The fourth-order valence-corrected chi connectivity index (χ4v) is 2.20. The van der Waals surface area contributed by atoms with E-state index in [1.54, 1.807) is 6.07 Å². The predicted octanol–water partition coefficient (Wildman–Crippen LogP) is 3.71. The van der Waals surface area contributed by atoms with Crippen molar-refractivity contribution in [3.05, 3.63) is 28.8 Å². The van der Waals surface area contributed by atoms with E-state index in [-0.39, 0.29) is 11.3 Å². The van der Waals surface area contributed by atoms with Crippen molar-refractivity contribution in [2.75, 3.05) is 5.33 Å². The van der Waals surface area contributed by atoms with Gasteiger partial charge in [-0.25, -0.2) is 4.79 Å². The summed E-state index contributed by atoms with van der Waals surface area (Å²) in [6, 6.07) is 3.41. The van der Waals surface area contributed by atoms with Gasteiger partial charge in [0, 0.05) is 12.3 Å². The molecule has 0 unspecified atom stereocenters. The summed E-state index contributed by atoms with van der Waals surface area (Å²) in [5, 5.41) is 0.832. The molecule has 0 atom stereocenters. The highest BCUT2D eigenvalue weighted by Crippen LogP contribution is 2.30. The molecule has 0 N–H and O–H groups in total. The molecule has 1 rings (SSSR count). The molecule has 4 nitrogen and oxygen atoms in total. The summed E-state index contributed by atoms with van der Waals surface area (Å²) in [5.74, 6) is -0.761. The van der Waals surface area contributed by atoms with Crippen LogP contribution in [0, 0.1) is 6.92 Å². The zero-order valence-corrected chi connectivity index (χ0v) is 13.8. The van der Waals surface area contributed by atoms with E-state index in [4.69, 9.17) is 4.74 Å². The van der Waals surface area contributed by atoms with Crippen LogP contribution in [0.4, 0.5) is 0 Å². The topological polar surface area (TPSA) is 52.6 Å². The third-order valence-electron chi connectivity index (χ3n) is 2.59. The van der Waals surface area contributed by atoms with Crippen molar-refractivity contribution < 1.29 is 18.2 Å². The van der Waals surface area contributed by atoms with Crippen LogP contribution < -0.4 is 4.74 Å². The Morgan fingerprint density at radius 3 is 2.53 bits per heavy atom. The van der Waals surface area contributed by atoms with Crippen LogP contribution in [0.2, 0.25) is 0 Å². The van der Waals surface area contributed by atoms with Crippen LogP contribution in [-0.2, 0) is 15.0 Å². The normalized spacial score (nSPS) is 10.1. The van der Waals surface area contributed by atoms with Gasteiger partial charge in [0.15, 0.2) is 16.3 Å². The second-order valence-electron chi connectivity index (χ2n) is 3.99. The Hall–Kier alpha value is -0.880. The van der Waals surface area contributed by atoms with Crippen molar-refractivity contribution in [3.8, 4) is 5.75 Å². The number of ether oxygens (including phenoxy) is 1. The van der Waals surface area contributed by atoms with E-state index >= 15 is 0 Å². The van der Waals surface area contributed by atoms with Crippen LogP contribution >= 0.6 is 32.2 Å². The molecule has 0 spiro atoms. The van der Waals surface area contributed by atoms with Crippen molar-refractivity contribution in [1.82, 2.24) is 0 Å². The monoisotopic (exact) mass is 392 g/mol. The average molecular weight is 394 g/mol. The van der Waals surface area contributed by atoms with Gasteiger partial charge in [0.05, 0.1) is 0 Å². The molecular formula is C13H14Br2O4. The Labute approximate surface area is 129 Å². The Morgan fingerprint density at radius 2 is 2.00 bits per heavy atom. The molecule has 0 fully saturated rings. The number of rotatable bonds is 5. The largest absolute Gasteiger partial charge is 0.425 e. The highest BCUT2D eigenvalue weighted by Gasteiger charge is 2.20. The quantitative estimate of drug-likeness (QED) is 0.434. The van der Waals surface area contributed by atoms with Crippen molar-refractivity contribution in [2.45, 2.75) is 26.7 Å². The van der Waals surface area contributed by atoms with Crippen LogP contribution in [0.1, 0.15) is 34.8 Å². The molecule has 0 amide bonds. The molecule has 1 aromatic rings. The number of carbonyl (C=O) groups is 2. The lowest BCUT2D eigenvalue weighted by Crippen LogP contribution is -2.11. The smallest absolute Gasteiger partial charge is 0.353 e. The van der Waals surface area contributed by atoms with E-state index in [0.717, 1.165) is 22.9 Å². The number of hydrogen-bond donors (Lipinski definition) is 0. The van der Waals surface area contributed by atoms with E-state index in [2.05, 4.69) is 36.0 Å². The van der Waals surface area contributed by atoms with Crippen molar-refractivity contribution in [3.63, 3.8) is 0 Å². The minimum absolute atomic E-state index is 0.238. The zero-order chi connectivity index (χ0) is 14.4. The van der Waals surface area contributed by atoms with Gasteiger partial charge < -0.3 is 8.57 Å². The summed E-state index contributed by atoms with van der Waals surface area (Å²) in [6.07, 6.45) is 1.59. The maximum Gasteiger partial charge on any atom is 0.353 e. The van der Waals surface area contributed by atoms with Gasteiger partial charge in [-0.1, -0.05) is 22.0 Å². The molecule has 0 saturated carbocycles. The molecule has 1 aromatic carbocycles. The van der Waals surface area contributed by atoms with E-state index in [9.17, 15) is 9.59 Å². The molecule has 0 aliphatic carbocycles. The summed E-state index contributed by atoms with van der Waals surface area (Å²) >= 11 is 6.01. The third kappa shape index (κ3) is 4.31. The molecule has 0 heterocycles. The van der Waals surface area contributed by atoms with Gasteiger partial charge in [-0.2, -0.15) is 0 Å². The molecule has 6 heteroatoms. The fourth-order valence-electron chi connectivity index (χ4n) is 1.74. The minimum atomic E-state index is -0.587. The second kappa shape index (κ2) is 7.65. The Kier molecular flexibility index (Phi) is 6.51. The first kappa shape index (κ1) is 16.2.